The highest BCUT2D eigenvalue weighted by Crippen LogP contribution is 2.25. The minimum Gasteiger partial charge on any atom is -0.493 e. The normalized spacial score (nSPS) is 11.6. The number of methoxy groups -OCH3 is 2. The Morgan fingerprint density at radius 2 is 1.41 bits per heavy atom. The molecule has 0 N–H and O–H groups in total. The van der Waals surface area contributed by atoms with Crippen molar-refractivity contribution in [2.24, 2.45) is 0 Å². The van der Waals surface area contributed by atoms with Gasteiger partial charge in [-0.25, -0.2) is 4.79 Å². The first kappa shape index (κ1) is 29.5. The highest BCUT2D eigenvalue weighted by atomic mass is 16.5. The van der Waals surface area contributed by atoms with Crippen LogP contribution in [0.3, 0.4) is 0 Å². The van der Waals surface area contributed by atoms with Gasteiger partial charge >= 0.3 is 11.9 Å². The fourth-order valence-corrected chi connectivity index (χ4v) is 4.14. The molecule has 6 nitrogen and oxygen atoms in total. The fraction of sp³-hybridized carbons (Fsp3) is 0.333. The van der Waals surface area contributed by atoms with Crippen molar-refractivity contribution in [1.29, 1.82) is 0 Å². The van der Waals surface area contributed by atoms with Crippen molar-refractivity contribution in [1.82, 2.24) is 0 Å². The monoisotopic (exact) mass is 530 g/mol. The number of carbonyl (C=O) groups is 2. The van der Waals surface area contributed by atoms with Crippen LogP contribution in [0.25, 0.3) is 0 Å². The molecule has 0 saturated carbocycles. The molecule has 3 rings (SSSR count). The summed E-state index contributed by atoms with van der Waals surface area (Å²) in [5.41, 5.74) is 2.84. The number of benzene rings is 3. The maximum absolute atomic E-state index is 11.8. The van der Waals surface area contributed by atoms with Crippen LogP contribution in [0.4, 0.5) is 0 Å². The molecule has 0 aliphatic carbocycles. The van der Waals surface area contributed by atoms with Crippen LogP contribution in [0.2, 0.25) is 0 Å². The van der Waals surface area contributed by atoms with Crippen LogP contribution in [-0.2, 0) is 20.7 Å². The Bertz CT molecular complexity index is 1150. The second-order valence-electron chi connectivity index (χ2n) is 9.18. The number of unbranched alkanes of at least 4 members (excludes halogenated alkanes) is 1. The number of rotatable bonds is 16. The average Bonchev–Trinajstić information content (AvgIpc) is 2.99. The summed E-state index contributed by atoms with van der Waals surface area (Å²) in [7, 11) is 2.79. The molecule has 3 aromatic carbocycles. The van der Waals surface area contributed by atoms with Crippen molar-refractivity contribution in [2.45, 2.75) is 44.4 Å². The summed E-state index contributed by atoms with van der Waals surface area (Å²) < 4.78 is 21.1. The van der Waals surface area contributed by atoms with Gasteiger partial charge in [-0.2, -0.15) is 0 Å². The van der Waals surface area contributed by atoms with E-state index < -0.39 is 0 Å². The highest BCUT2D eigenvalue weighted by molar-refractivity contribution is 5.89. The van der Waals surface area contributed by atoms with Crippen molar-refractivity contribution in [3.8, 4) is 11.5 Å². The van der Waals surface area contributed by atoms with E-state index in [9.17, 15) is 9.59 Å². The number of para-hydroxylation sites is 1. The number of ether oxygens (including phenoxy) is 4. The molecular formula is C33H38O6. The number of carbonyl (C=O) groups excluding carboxylic acids is 2. The van der Waals surface area contributed by atoms with Crippen molar-refractivity contribution in [3.63, 3.8) is 0 Å². The van der Waals surface area contributed by atoms with Gasteiger partial charge in [0, 0.05) is 18.8 Å². The van der Waals surface area contributed by atoms with E-state index in [0.717, 1.165) is 49.2 Å². The van der Waals surface area contributed by atoms with Gasteiger partial charge in [0.25, 0.3) is 0 Å². The third-order valence-corrected chi connectivity index (χ3v) is 6.35. The van der Waals surface area contributed by atoms with Gasteiger partial charge in [-0.1, -0.05) is 61.0 Å². The van der Waals surface area contributed by atoms with Gasteiger partial charge in [-0.05, 0) is 66.8 Å². The Labute approximate surface area is 231 Å². The molecule has 0 radical (unpaired) electrons. The van der Waals surface area contributed by atoms with E-state index in [1.54, 1.807) is 12.1 Å². The number of hydrogen-bond donors (Lipinski definition) is 0. The molecule has 3 aromatic rings. The summed E-state index contributed by atoms with van der Waals surface area (Å²) in [6, 6.07) is 25.5. The third kappa shape index (κ3) is 10.7. The van der Waals surface area contributed by atoms with Crippen LogP contribution in [0.15, 0.2) is 91.0 Å². The van der Waals surface area contributed by atoms with Crippen LogP contribution in [0.5, 0.6) is 11.5 Å². The van der Waals surface area contributed by atoms with E-state index in [0.29, 0.717) is 25.2 Å². The van der Waals surface area contributed by atoms with Gasteiger partial charge in [0.1, 0.15) is 11.5 Å². The van der Waals surface area contributed by atoms with Gasteiger partial charge in [-0.15, -0.1) is 0 Å². The predicted molar refractivity (Wildman–Crippen MR) is 152 cm³/mol. The van der Waals surface area contributed by atoms with E-state index in [2.05, 4.69) is 24.3 Å². The van der Waals surface area contributed by atoms with Gasteiger partial charge in [0.15, 0.2) is 0 Å². The van der Waals surface area contributed by atoms with Gasteiger partial charge in [-0.3, -0.25) is 4.79 Å². The maximum atomic E-state index is 11.8. The summed E-state index contributed by atoms with van der Waals surface area (Å²) in [5.74, 6) is 1.36. The van der Waals surface area contributed by atoms with Gasteiger partial charge in [0.05, 0.1) is 33.0 Å². The zero-order valence-electron chi connectivity index (χ0n) is 22.8. The average molecular weight is 531 g/mol. The Hall–Kier alpha value is -4.06. The van der Waals surface area contributed by atoms with Crippen LogP contribution in [-0.4, -0.2) is 39.4 Å². The molecule has 0 aromatic heterocycles. The van der Waals surface area contributed by atoms with Gasteiger partial charge < -0.3 is 18.9 Å². The lowest BCUT2D eigenvalue weighted by molar-refractivity contribution is -0.140. The lowest BCUT2D eigenvalue weighted by Gasteiger charge is -2.14. The quantitative estimate of drug-likeness (QED) is 0.114. The van der Waals surface area contributed by atoms with E-state index >= 15 is 0 Å². The molecule has 0 amide bonds. The minimum absolute atomic E-state index is 0.176. The summed E-state index contributed by atoms with van der Waals surface area (Å²) in [4.78, 5) is 23.3. The Balaban J connectivity index is 1.49. The van der Waals surface area contributed by atoms with Crippen LogP contribution in [0.1, 0.15) is 59.5 Å². The van der Waals surface area contributed by atoms with E-state index in [-0.39, 0.29) is 17.9 Å². The lowest BCUT2D eigenvalue weighted by atomic mass is 9.91. The first-order valence-electron chi connectivity index (χ1n) is 13.4. The SMILES string of the molecule is COC(=O)CCCCC(C=CCc1ccc(OCCCOc2ccccc2)cc1)c1ccc(C(=O)OC)cc1. The lowest BCUT2D eigenvalue weighted by Crippen LogP contribution is -2.04. The van der Waals surface area contributed by atoms with Crippen molar-refractivity contribution in [2.75, 3.05) is 27.4 Å². The van der Waals surface area contributed by atoms with Gasteiger partial charge in [0.2, 0.25) is 0 Å². The zero-order valence-corrected chi connectivity index (χ0v) is 22.8. The molecule has 0 aliphatic heterocycles. The standard InChI is InChI=1S/C33H38O6/c1-36-32(34)15-7-6-11-27(28-18-20-29(21-19-28)33(35)37-2)12-8-10-26-16-22-31(23-17-26)39-25-9-24-38-30-13-4-3-5-14-30/h3-5,8,12-14,16-23,27H,6-7,9-11,15,24-25H2,1-2H3. The highest BCUT2D eigenvalue weighted by Gasteiger charge is 2.11. The van der Waals surface area contributed by atoms with Crippen molar-refractivity contribution in [3.05, 3.63) is 108 Å². The maximum Gasteiger partial charge on any atom is 0.337 e. The third-order valence-electron chi connectivity index (χ3n) is 6.35. The number of esters is 2. The molecule has 0 bridgehead atoms. The molecule has 0 heterocycles. The molecule has 0 aliphatic rings. The van der Waals surface area contributed by atoms with E-state index in [1.807, 2.05) is 54.6 Å². The molecule has 0 saturated heterocycles. The Kier molecular flexibility index (Phi) is 12.6. The minimum atomic E-state index is -0.348. The summed E-state index contributed by atoms with van der Waals surface area (Å²) in [6.07, 6.45) is 8.97. The number of hydrogen-bond acceptors (Lipinski definition) is 6. The molecule has 39 heavy (non-hydrogen) atoms. The molecule has 206 valence electrons. The zero-order chi connectivity index (χ0) is 27.7. The molecule has 0 fully saturated rings. The molecule has 6 heteroatoms. The summed E-state index contributed by atoms with van der Waals surface area (Å²) in [6.45, 7) is 1.21. The van der Waals surface area contributed by atoms with Crippen LogP contribution >= 0.6 is 0 Å². The molecular weight excluding hydrogens is 492 g/mol. The Morgan fingerprint density at radius 1 is 0.744 bits per heavy atom. The van der Waals surface area contributed by atoms with E-state index in [1.165, 1.54) is 19.8 Å². The van der Waals surface area contributed by atoms with Crippen molar-refractivity contribution >= 4 is 11.9 Å². The topological polar surface area (TPSA) is 71.1 Å². The fourth-order valence-electron chi connectivity index (χ4n) is 4.14. The second kappa shape index (κ2) is 16.7. The second-order valence-corrected chi connectivity index (χ2v) is 9.18. The molecule has 1 atom stereocenters. The Morgan fingerprint density at radius 3 is 2.05 bits per heavy atom. The first-order valence-corrected chi connectivity index (χ1v) is 13.4. The van der Waals surface area contributed by atoms with Crippen molar-refractivity contribution < 1.29 is 28.5 Å². The molecule has 0 spiro atoms. The summed E-state index contributed by atoms with van der Waals surface area (Å²) >= 11 is 0. The summed E-state index contributed by atoms with van der Waals surface area (Å²) in [5, 5.41) is 0. The van der Waals surface area contributed by atoms with Crippen LogP contribution in [0, 0.1) is 0 Å². The van der Waals surface area contributed by atoms with Crippen LogP contribution < -0.4 is 9.47 Å². The first-order chi connectivity index (χ1) is 19.1. The largest absolute Gasteiger partial charge is 0.493 e. The molecule has 1 unspecified atom stereocenters. The van der Waals surface area contributed by atoms with E-state index in [4.69, 9.17) is 18.9 Å². The number of allylic oxidation sites excluding steroid dienone is 2. The predicted octanol–water partition coefficient (Wildman–Crippen LogP) is 6.94. The smallest absolute Gasteiger partial charge is 0.337 e.